The van der Waals surface area contributed by atoms with Gasteiger partial charge in [0.15, 0.2) is 0 Å². The first-order valence-electron chi connectivity index (χ1n) is 13.9. The molecule has 0 bridgehead atoms. The summed E-state index contributed by atoms with van der Waals surface area (Å²) in [6.45, 7) is 12.0. The molecule has 0 heterocycles. The van der Waals surface area contributed by atoms with Crippen molar-refractivity contribution in [1.29, 1.82) is 0 Å². The molecule has 0 saturated carbocycles. The van der Waals surface area contributed by atoms with Crippen LogP contribution in [0.5, 0.6) is 0 Å². The summed E-state index contributed by atoms with van der Waals surface area (Å²) in [6, 6.07) is -1.07. The van der Waals surface area contributed by atoms with Crippen molar-refractivity contribution in [2.24, 2.45) is 5.92 Å². The molecular weight excluding hydrogens is 641 g/mol. The van der Waals surface area contributed by atoms with Crippen LogP contribution in [0.15, 0.2) is 60.4 Å². The van der Waals surface area contributed by atoms with Gasteiger partial charge in [0, 0.05) is 5.56 Å². The van der Waals surface area contributed by atoms with Crippen molar-refractivity contribution < 1.29 is 50.6 Å². The molecule has 0 aliphatic carbocycles. The lowest BCUT2D eigenvalue weighted by Crippen LogP contribution is -2.59. The first kappa shape index (κ1) is 40.2. The molecule has 0 radical (unpaired) electrons. The van der Waals surface area contributed by atoms with Gasteiger partial charge in [-0.1, -0.05) is 56.3 Å². The number of hydrogen-bond acceptors (Lipinski definition) is 6. The van der Waals surface area contributed by atoms with Gasteiger partial charge in [0.25, 0.3) is 11.7 Å². The molecule has 0 unspecified atom stereocenters. The number of amides is 3. The first-order chi connectivity index (χ1) is 21.1. The van der Waals surface area contributed by atoms with E-state index in [9.17, 15) is 32.3 Å². The largest absolute Gasteiger partial charge is 0.497 e. The summed E-state index contributed by atoms with van der Waals surface area (Å²) in [4.78, 5) is 51.7. The summed E-state index contributed by atoms with van der Waals surface area (Å²) in [5.74, 6) is -11.6. The van der Waals surface area contributed by atoms with Crippen LogP contribution in [0.1, 0.15) is 47.1 Å². The topological polar surface area (TPSA) is 123 Å². The third-order valence-electron chi connectivity index (χ3n) is 6.23. The number of alkyl halides is 5. The van der Waals surface area contributed by atoms with Gasteiger partial charge in [-0.25, -0.2) is 0 Å². The van der Waals surface area contributed by atoms with Gasteiger partial charge in [-0.3, -0.25) is 19.2 Å². The number of ketones is 1. The van der Waals surface area contributed by atoms with Crippen LogP contribution in [-0.2, 0) is 34.6 Å². The fourth-order valence-electron chi connectivity index (χ4n) is 3.69. The number of benzene rings is 1. The molecule has 15 heteroatoms. The second kappa shape index (κ2) is 16.7. The predicted octanol–water partition coefficient (Wildman–Crippen LogP) is 5.15. The molecule has 1 aromatic rings. The highest BCUT2D eigenvalue weighted by molar-refractivity contribution is 6.31. The molecule has 0 aliphatic rings. The highest BCUT2D eigenvalue weighted by Gasteiger charge is 2.46. The Morgan fingerprint density at radius 2 is 1.54 bits per heavy atom. The highest BCUT2D eigenvalue weighted by atomic mass is 35.5. The minimum Gasteiger partial charge on any atom is -0.497 e. The summed E-state index contributed by atoms with van der Waals surface area (Å²) >= 11 is 5.87. The zero-order chi connectivity index (χ0) is 35.6. The van der Waals surface area contributed by atoms with Gasteiger partial charge in [-0.2, -0.15) is 22.0 Å². The van der Waals surface area contributed by atoms with E-state index in [1.807, 2.05) is 10.6 Å². The van der Waals surface area contributed by atoms with Gasteiger partial charge >= 0.3 is 12.1 Å². The quantitative estimate of drug-likeness (QED) is 0.134. The number of halogens is 6. The summed E-state index contributed by atoms with van der Waals surface area (Å²) in [5, 5.41) is 5.71. The van der Waals surface area contributed by atoms with Gasteiger partial charge in [0.1, 0.15) is 17.8 Å². The van der Waals surface area contributed by atoms with Gasteiger partial charge in [0.05, 0.1) is 30.4 Å². The average molecular weight is 680 g/mol. The molecule has 0 aliphatic heterocycles. The molecule has 0 spiro atoms. The van der Waals surface area contributed by atoms with E-state index in [-0.39, 0.29) is 11.3 Å². The van der Waals surface area contributed by atoms with E-state index in [1.165, 1.54) is 51.3 Å². The number of carbonyl (C=O) groups is 4. The number of ether oxygens (including phenoxy) is 2. The highest BCUT2D eigenvalue weighted by Crippen LogP contribution is 2.33. The number of hydrogen-bond donors (Lipinski definition) is 3. The number of carbonyl (C=O) groups excluding carboxylic acids is 4. The third kappa shape index (κ3) is 11.9. The number of nitrogens with one attached hydrogen (secondary N) is 3. The van der Waals surface area contributed by atoms with E-state index >= 15 is 8.78 Å². The molecule has 1 aromatic carbocycles. The van der Waals surface area contributed by atoms with Crippen LogP contribution in [0.2, 0.25) is 5.02 Å². The Bertz CT molecular complexity index is 1340. The maximum Gasteiger partial charge on any atom is 0.452 e. The van der Waals surface area contributed by atoms with Crippen LogP contribution < -0.4 is 16.0 Å². The Morgan fingerprint density at radius 1 is 0.957 bits per heavy atom. The number of methoxy groups -OCH3 is 1. The molecule has 3 atom stereocenters. The number of Topliss-reactive ketones (excluding diaryl/α,β-unsaturated/α-hetero) is 1. The molecule has 0 saturated heterocycles. The lowest BCUT2D eigenvalue weighted by Gasteiger charge is -2.29. The van der Waals surface area contributed by atoms with Crippen molar-refractivity contribution >= 4 is 35.1 Å². The van der Waals surface area contributed by atoms with Crippen molar-refractivity contribution in [1.82, 2.24) is 16.0 Å². The maximum atomic E-state index is 15.2. The fraction of sp³-hybridized carbons (Fsp3) is 0.484. The van der Waals surface area contributed by atoms with Crippen molar-refractivity contribution in [3.8, 4) is 0 Å². The molecule has 0 fully saturated rings. The fourth-order valence-corrected chi connectivity index (χ4v) is 3.94. The zero-order valence-electron chi connectivity index (χ0n) is 26.5. The average Bonchev–Trinajstić information content (AvgIpc) is 2.95. The minimum absolute atomic E-state index is 0.201. The first-order valence-corrected chi connectivity index (χ1v) is 14.3. The standard InChI is InChI=1S/C31H39ClF5N3O6/c1-9-19(45-8)15-14-18(4)24(27(43)39-23(17(2)3)25(41)31(35,36)37)40-26(42)22(16-46-29(5,6)7)38-28(44)30(33,34)20-12-10-11-13-21(20)32/h9-15,17,22-24H,4,16H2,1-3,5-8H3,(H,38,44)(H,39,43)(H,40,42)/b15-14-,19-9+/t22-,23-,24-/m0/s1. The molecule has 9 nitrogen and oxygen atoms in total. The Hall–Kier alpha value is -3.78. The summed E-state index contributed by atoms with van der Waals surface area (Å²) in [5.41, 5.74) is -1.97. The van der Waals surface area contributed by atoms with E-state index < -0.39 is 82.4 Å². The van der Waals surface area contributed by atoms with Gasteiger partial charge in [0.2, 0.25) is 11.8 Å². The monoisotopic (exact) mass is 679 g/mol. The molecule has 0 aromatic heterocycles. The van der Waals surface area contributed by atoms with Crippen LogP contribution in [0.25, 0.3) is 0 Å². The molecule has 1 rings (SSSR count). The van der Waals surface area contributed by atoms with Crippen molar-refractivity contribution in [3.05, 3.63) is 71.0 Å². The summed E-state index contributed by atoms with van der Waals surface area (Å²) in [6.07, 6.45) is -1.21. The smallest absolute Gasteiger partial charge is 0.452 e. The van der Waals surface area contributed by atoms with Crippen molar-refractivity contribution in [2.45, 2.75) is 77.4 Å². The number of rotatable bonds is 15. The Labute approximate surface area is 269 Å². The number of allylic oxidation sites excluding steroid dienone is 2. The van der Waals surface area contributed by atoms with E-state index in [0.717, 1.165) is 12.1 Å². The maximum absolute atomic E-state index is 15.2. The van der Waals surface area contributed by atoms with Crippen molar-refractivity contribution in [2.75, 3.05) is 13.7 Å². The van der Waals surface area contributed by atoms with Gasteiger partial charge in [-0.05, 0) is 57.4 Å². The normalized spacial score (nSPS) is 14.8. The molecular formula is C31H39ClF5N3O6. The third-order valence-corrected chi connectivity index (χ3v) is 6.56. The Morgan fingerprint density at radius 3 is 2.02 bits per heavy atom. The Balaban J connectivity index is 3.52. The second-order valence-corrected chi connectivity index (χ2v) is 11.7. The molecule has 3 N–H and O–H groups in total. The lowest BCUT2D eigenvalue weighted by molar-refractivity contribution is -0.175. The van der Waals surface area contributed by atoms with Gasteiger partial charge < -0.3 is 25.4 Å². The summed E-state index contributed by atoms with van der Waals surface area (Å²) in [7, 11) is 1.34. The Kier molecular flexibility index (Phi) is 14.6. The van der Waals surface area contributed by atoms with Crippen LogP contribution in [0, 0.1) is 5.92 Å². The molecule has 256 valence electrons. The van der Waals surface area contributed by atoms with E-state index in [1.54, 1.807) is 27.7 Å². The molecule has 46 heavy (non-hydrogen) atoms. The van der Waals surface area contributed by atoms with Crippen LogP contribution >= 0.6 is 11.6 Å². The van der Waals surface area contributed by atoms with Crippen LogP contribution in [0.3, 0.4) is 0 Å². The van der Waals surface area contributed by atoms with Crippen LogP contribution in [-0.4, -0.2) is 67.1 Å². The van der Waals surface area contributed by atoms with Crippen LogP contribution in [0.4, 0.5) is 22.0 Å². The minimum atomic E-state index is -5.29. The second-order valence-electron chi connectivity index (χ2n) is 11.3. The van der Waals surface area contributed by atoms with E-state index in [0.29, 0.717) is 0 Å². The lowest BCUT2D eigenvalue weighted by atomic mass is 9.98. The van der Waals surface area contributed by atoms with E-state index in [4.69, 9.17) is 21.1 Å². The zero-order valence-corrected chi connectivity index (χ0v) is 27.2. The molecule has 3 amide bonds. The summed E-state index contributed by atoms with van der Waals surface area (Å²) < 4.78 is 80.8. The van der Waals surface area contributed by atoms with E-state index in [2.05, 4.69) is 11.9 Å². The van der Waals surface area contributed by atoms with Crippen molar-refractivity contribution in [3.63, 3.8) is 0 Å². The SMILES string of the molecule is C=C(/C=C\C(=C/C)OC)[C@H](NC(=O)[C@H](COC(C)(C)C)NC(=O)C(F)(F)c1ccccc1Cl)C(=O)N[C@H](C(=O)C(F)(F)F)C(C)C. The van der Waals surface area contributed by atoms with Gasteiger partial charge in [-0.15, -0.1) is 0 Å². The predicted molar refractivity (Wildman–Crippen MR) is 162 cm³/mol.